The van der Waals surface area contributed by atoms with E-state index >= 15 is 0 Å². The largest absolute Gasteiger partial charge is 0.370 e. The number of aromatic nitrogens is 2. The molecular formula is C18H16F2N4. The molecule has 3 aromatic rings. The number of hydrogen-bond acceptors (Lipinski definition) is 4. The van der Waals surface area contributed by atoms with Crippen LogP contribution < -0.4 is 10.6 Å². The molecule has 3 rings (SSSR count). The molecule has 2 N–H and O–H groups in total. The highest BCUT2D eigenvalue weighted by Gasteiger charge is 2.10. The van der Waals surface area contributed by atoms with Gasteiger partial charge >= 0.3 is 0 Å². The smallest absolute Gasteiger partial charge is 0.229 e. The van der Waals surface area contributed by atoms with Crippen molar-refractivity contribution < 1.29 is 8.78 Å². The number of halogens is 2. The van der Waals surface area contributed by atoms with Gasteiger partial charge in [-0.1, -0.05) is 36.4 Å². The van der Waals surface area contributed by atoms with Gasteiger partial charge in [0.25, 0.3) is 0 Å². The predicted octanol–water partition coefficient (Wildman–Crippen LogP) is 4.15. The van der Waals surface area contributed by atoms with Gasteiger partial charge in [0.2, 0.25) is 5.95 Å². The Morgan fingerprint density at radius 1 is 0.875 bits per heavy atom. The Hall–Kier alpha value is -3.02. The van der Waals surface area contributed by atoms with Crippen molar-refractivity contribution in [1.82, 2.24) is 9.97 Å². The lowest BCUT2D eigenvalue weighted by Crippen LogP contribution is -2.08. The number of hydrogen-bond donors (Lipinski definition) is 2. The van der Waals surface area contributed by atoms with Crippen molar-refractivity contribution in [2.45, 2.75) is 6.42 Å². The average Bonchev–Trinajstić information content (AvgIpc) is 2.60. The van der Waals surface area contributed by atoms with Crippen molar-refractivity contribution in [3.8, 4) is 0 Å². The van der Waals surface area contributed by atoms with Crippen molar-refractivity contribution in [2.24, 2.45) is 0 Å². The SMILES string of the molecule is Fc1cccc(F)c1Nc1nccc(NCCc2ccccc2)n1. The van der Waals surface area contributed by atoms with E-state index in [2.05, 4.69) is 32.7 Å². The molecule has 122 valence electrons. The van der Waals surface area contributed by atoms with E-state index in [9.17, 15) is 8.78 Å². The maximum Gasteiger partial charge on any atom is 0.229 e. The summed E-state index contributed by atoms with van der Waals surface area (Å²) < 4.78 is 27.3. The molecule has 4 nitrogen and oxygen atoms in total. The molecule has 0 spiro atoms. The zero-order valence-electron chi connectivity index (χ0n) is 12.8. The Morgan fingerprint density at radius 3 is 2.38 bits per heavy atom. The zero-order valence-corrected chi connectivity index (χ0v) is 12.8. The van der Waals surface area contributed by atoms with E-state index in [4.69, 9.17) is 0 Å². The number of para-hydroxylation sites is 1. The Labute approximate surface area is 138 Å². The number of nitrogens with zero attached hydrogens (tertiary/aromatic N) is 2. The first kappa shape index (κ1) is 15.9. The molecule has 0 amide bonds. The van der Waals surface area contributed by atoms with E-state index in [1.807, 2.05) is 18.2 Å². The summed E-state index contributed by atoms with van der Waals surface area (Å²) in [5.41, 5.74) is 0.949. The fraction of sp³-hybridized carbons (Fsp3) is 0.111. The first-order chi connectivity index (χ1) is 11.7. The molecule has 0 saturated heterocycles. The quantitative estimate of drug-likeness (QED) is 0.714. The van der Waals surface area contributed by atoms with Gasteiger partial charge in [0, 0.05) is 12.7 Å². The lowest BCUT2D eigenvalue weighted by molar-refractivity contribution is 0.590. The fourth-order valence-electron chi connectivity index (χ4n) is 2.23. The van der Waals surface area contributed by atoms with Crippen molar-refractivity contribution in [3.63, 3.8) is 0 Å². The number of benzene rings is 2. The van der Waals surface area contributed by atoms with Gasteiger partial charge in [-0.3, -0.25) is 0 Å². The second-order valence-electron chi connectivity index (χ2n) is 5.15. The van der Waals surface area contributed by atoms with Crippen LogP contribution >= 0.6 is 0 Å². The molecule has 0 aliphatic heterocycles. The summed E-state index contributed by atoms with van der Waals surface area (Å²) in [5, 5.41) is 5.75. The number of anilines is 3. The lowest BCUT2D eigenvalue weighted by Gasteiger charge is -2.09. The molecule has 24 heavy (non-hydrogen) atoms. The van der Waals surface area contributed by atoms with Gasteiger partial charge in [-0.05, 0) is 30.2 Å². The molecule has 0 aliphatic rings. The van der Waals surface area contributed by atoms with E-state index in [1.165, 1.54) is 30.0 Å². The van der Waals surface area contributed by atoms with Gasteiger partial charge in [0.05, 0.1) is 0 Å². The molecule has 0 fully saturated rings. The maximum atomic E-state index is 13.7. The van der Waals surface area contributed by atoms with E-state index in [0.717, 1.165) is 6.42 Å². The minimum atomic E-state index is -0.693. The molecule has 1 heterocycles. The molecule has 0 saturated carbocycles. The molecule has 1 aromatic heterocycles. The summed E-state index contributed by atoms with van der Waals surface area (Å²) >= 11 is 0. The van der Waals surface area contributed by atoms with Crippen LogP contribution in [0.1, 0.15) is 5.56 Å². The van der Waals surface area contributed by atoms with Crippen LogP contribution in [-0.2, 0) is 6.42 Å². The summed E-state index contributed by atoms with van der Waals surface area (Å²) in [6.07, 6.45) is 2.37. The minimum Gasteiger partial charge on any atom is -0.370 e. The third-order valence-corrected chi connectivity index (χ3v) is 3.42. The minimum absolute atomic E-state index is 0.128. The summed E-state index contributed by atoms with van der Waals surface area (Å²) in [5.74, 6) is -0.675. The molecule has 0 unspecified atom stereocenters. The van der Waals surface area contributed by atoms with Crippen LogP contribution in [0.3, 0.4) is 0 Å². The fourth-order valence-corrected chi connectivity index (χ4v) is 2.23. The Kier molecular flexibility index (Phi) is 4.96. The molecule has 0 bridgehead atoms. The highest BCUT2D eigenvalue weighted by Crippen LogP contribution is 2.21. The predicted molar refractivity (Wildman–Crippen MR) is 90.3 cm³/mol. The maximum absolute atomic E-state index is 13.7. The third kappa shape index (κ3) is 4.04. The summed E-state index contributed by atoms with van der Waals surface area (Å²) in [4.78, 5) is 8.20. The monoisotopic (exact) mass is 326 g/mol. The Balaban J connectivity index is 1.64. The number of rotatable bonds is 6. The molecule has 2 aromatic carbocycles. The molecule has 0 atom stereocenters. The van der Waals surface area contributed by atoms with Gasteiger partial charge in [-0.2, -0.15) is 4.98 Å². The third-order valence-electron chi connectivity index (χ3n) is 3.42. The van der Waals surface area contributed by atoms with Gasteiger partial charge < -0.3 is 10.6 Å². The lowest BCUT2D eigenvalue weighted by atomic mass is 10.1. The van der Waals surface area contributed by atoms with Crippen molar-refractivity contribution in [3.05, 3.63) is 78.0 Å². The molecule has 0 radical (unpaired) electrons. The highest BCUT2D eigenvalue weighted by molar-refractivity contribution is 5.56. The van der Waals surface area contributed by atoms with Gasteiger partial charge in [0.1, 0.15) is 23.1 Å². The van der Waals surface area contributed by atoms with E-state index < -0.39 is 11.6 Å². The first-order valence-electron chi connectivity index (χ1n) is 7.54. The Morgan fingerprint density at radius 2 is 1.62 bits per heavy atom. The van der Waals surface area contributed by atoms with Crippen LogP contribution in [-0.4, -0.2) is 16.5 Å². The summed E-state index contributed by atoms with van der Waals surface area (Å²) in [6, 6.07) is 15.4. The van der Waals surface area contributed by atoms with Crippen molar-refractivity contribution in [1.29, 1.82) is 0 Å². The van der Waals surface area contributed by atoms with Crippen LogP contribution in [0.4, 0.5) is 26.2 Å². The first-order valence-corrected chi connectivity index (χ1v) is 7.54. The van der Waals surface area contributed by atoms with E-state index in [1.54, 1.807) is 6.07 Å². The average molecular weight is 326 g/mol. The van der Waals surface area contributed by atoms with E-state index in [0.29, 0.717) is 12.4 Å². The van der Waals surface area contributed by atoms with Crippen LogP contribution in [0.15, 0.2) is 60.8 Å². The van der Waals surface area contributed by atoms with E-state index in [-0.39, 0.29) is 11.6 Å². The Bertz CT molecular complexity index is 789. The van der Waals surface area contributed by atoms with Gasteiger partial charge in [-0.25, -0.2) is 13.8 Å². The summed E-state index contributed by atoms with van der Waals surface area (Å²) in [6.45, 7) is 0.689. The van der Waals surface area contributed by atoms with Gasteiger partial charge in [0.15, 0.2) is 0 Å². The van der Waals surface area contributed by atoms with Crippen molar-refractivity contribution >= 4 is 17.5 Å². The topological polar surface area (TPSA) is 49.8 Å². The number of nitrogens with one attached hydrogen (secondary N) is 2. The molecule has 6 heteroatoms. The summed E-state index contributed by atoms with van der Waals surface area (Å²) in [7, 11) is 0. The van der Waals surface area contributed by atoms with Crippen LogP contribution in [0.5, 0.6) is 0 Å². The highest BCUT2D eigenvalue weighted by atomic mass is 19.1. The second-order valence-corrected chi connectivity index (χ2v) is 5.15. The molecule has 0 aliphatic carbocycles. The second kappa shape index (κ2) is 7.50. The van der Waals surface area contributed by atoms with Gasteiger partial charge in [-0.15, -0.1) is 0 Å². The molecular weight excluding hydrogens is 310 g/mol. The van der Waals surface area contributed by atoms with Crippen molar-refractivity contribution in [2.75, 3.05) is 17.2 Å². The zero-order chi connectivity index (χ0) is 16.8. The van der Waals surface area contributed by atoms with Crippen LogP contribution in [0.25, 0.3) is 0 Å². The standard InChI is InChI=1S/C18H16F2N4/c19-14-7-4-8-15(20)17(14)24-18-22-12-10-16(23-18)21-11-9-13-5-2-1-3-6-13/h1-8,10,12H,9,11H2,(H2,21,22,23,24). The van der Waals surface area contributed by atoms with Crippen LogP contribution in [0.2, 0.25) is 0 Å². The van der Waals surface area contributed by atoms with Crippen LogP contribution in [0, 0.1) is 11.6 Å². The normalized spacial score (nSPS) is 10.4.